The molecule has 4 aromatic rings. The third-order valence-electron chi connectivity index (χ3n) is 4.61. The molecule has 2 heterocycles. The average Bonchev–Trinajstić information content (AvgIpc) is 3.07. The third-order valence-corrected chi connectivity index (χ3v) is 5.73. The number of aryl methyl sites for hydroxylation is 1. The molecule has 7 heteroatoms. The molecule has 0 atom stereocenters. The molecule has 5 nitrogen and oxygen atoms in total. The molecule has 0 aliphatic carbocycles. The van der Waals surface area contributed by atoms with Gasteiger partial charge in [0.15, 0.2) is 0 Å². The molecular weight excluding hydrogens is 389 g/mol. The van der Waals surface area contributed by atoms with Gasteiger partial charge in [-0.05, 0) is 48.9 Å². The summed E-state index contributed by atoms with van der Waals surface area (Å²) in [5, 5.41) is 3.45. The zero-order chi connectivity index (χ0) is 20.5. The Morgan fingerprint density at radius 2 is 2.00 bits per heavy atom. The van der Waals surface area contributed by atoms with Crippen LogP contribution in [-0.2, 0) is 0 Å². The van der Waals surface area contributed by atoms with Crippen LogP contribution in [0.4, 0.5) is 15.8 Å². The largest absolute Gasteiger partial charge is 0.497 e. The average molecular weight is 407 g/mol. The predicted octanol–water partition coefficient (Wildman–Crippen LogP) is 5.25. The quantitative estimate of drug-likeness (QED) is 0.484. The number of carbonyl (C=O) groups is 1. The highest BCUT2D eigenvalue weighted by Gasteiger charge is 2.19. The number of rotatable bonds is 4. The maximum atomic E-state index is 13.5. The van der Waals surface area contributed by atoms with Crippen molar-refractivity contribution in [3.63, 3.8) is 0 Å². The van der Waals surface area contributed by atoms with Crippen molar-refractivity contribution >= 4 is 38.8 Å². The molecule has 0 unspecified atom stereocenters. The second kappa shape index (κ2) is 7.52. The van der Waals surface area contributed by atoms with Crippen LogP contribution in [0.25, 0.3) is 21.5 Å². The molecule has 0 fully saturated rings. The first-order valence-electron chi connectivity index (χ1n) is 8.87. The molecule has 146 valence electrons. The van der Waals surface area contributed by atoms with Gasteiger partial charge >= 0.3 is 0 Å². The Balaban J connectivity index is 1.70. The fourth-order valence-electron chi connectivity index (χ4n) is 3.02. The van der Waals surface area contributed by atoms with E-state index in [4.69, 9.17) is 10.5 Å². The van der Waals surface area contributed by atoms with E-state index in [9.17, 15) is 9.18 Å². The summed E-state index contributed by atoms with van der Waals surface area (Å²) in [6.07, 6.45) is 0. The zero-order valence-electron chi connectivity index (χ0n) is 15.8. The summed E-state index contributed by atoms with van der Waals surface area (Å²) in [4.78, 5) is 18.4. The van der Waals surface area contributed by atoms with Gasteiger partial charge in [0, 0.05) is 16.6 Å². The molecule has 2 aromatic carbocycles. The smallest absolute Gasteiger partial charge is 0.267 e. The molecule has 1 amide bonds. The van der Waals surface area contributed by atoms with Gasteiger partial charge in [-0.2, -0.15) is 0 Å². The van der Waals surface area contributed by atoms with Crippen molar-refractivity contribution in [1.29, 1.82) is 0 Å². The van der Waals surface area contributed by atoms with Gasteiger partial charge in [-0.3, -0.25) is 4.79 Å². The van der Waals surface area contributed by atoms with Gasteiger partial charge in [0.2, 0.25) is 0 Å². The Morgan fingerprint density at radius 1 is 1.17 bits per heavy atom. The fraction of sp³-hybridized carbons (Fsp3) is 0.0909. The second-order valence-corrected chi connectivity index (χ2v) is 7.54. The molecule has 0 saturated carbocycles. The van der Waals surface area contributed by atoms with Gasteiger partial charge in [0.1, 0.15) is 21.3 Å². The third kappa shape index (κ3) is 3.64. The predicted molar refractivity (Wildman–Crippen MR) is 115 cm³/mol. The number of aromatic nitrogens is 1. The highest BCUT2D eigenvalue weighted by atomic mass is 32.1. The summed E-state index contributed by atoms with van der Waals surface area (Å²) in [7, 11) is 1.61. The van der Waals surface area contributed by atoms with Gasteiger partial charge in [0.05, 0.1) is 18.5 Å². The molecule has 2 aromatic heterocycles. The number of hydrogen-bond acceptors (Lipinski definition) is 5. The molecule has 0 bridgehead atoms. The van der Waals surface area contributed by atoms with Crippen molar-refractivity contribution in [3.8, 4) is 17.0 Å². The number of nitrogens with two attached hydrogens (primary N) is 1. The Hall–Kier alpha value is -3.45. The standard InChI is InChI=1S/C22H18FN3O2S/c1-12-6-7-14(23)11-18(12)25-21(27)20-19(24)16-8-9-17(26-22(16)29-20)13-4-3-5-15(10-13)28-2/h3-11H,24H2,1-2H3,(H,25,27). The van der Waals surface area contributed by atoms with Gasteiger partial charge < -0.3 is 15.8 Å². The number of hydrogen-bond donors (Lipinski definition) is 2. The van der Waals surface area contributed by atoms with Crippen LogP contribution < -0.4 is 15.8 Å². The Morgan fingerprint density at radius 3 is 2.79 bits per heavy atom. The van der Waals surface area contributed by atoms with Crippen LogP contribution in [-0.4, -0.2) is 18.0 Å². The van der Waals surface area contributed by atoms with Crippen molar-refractivity contribution in [2.75, 3.05) is 18.2 Å². The van der Waals surface area contributed by atoms with Gasteiger partial charge in [-0.1, -0.05) is 18.2 Å². The number of nitrogen functional groups attached to an aromatic ring is 1. The summed E-state index contributed by atoms with van der Waals surface area (Å²) in [5.41, 5.74) is 9.41. The van der Waals surface area contributed by atoms with Crippen LogP contribution in [0.15, 0.2) is 54.6 Å². The van der Waals surface area contributed by atoms with E-state index in [-0.39, 0.29) is 5.91 Å². The maximum absolute atomic E-state index is 13.5. The van der Waals surface area contributed by atoms with Crippen LogP contribution in [0.2, 0.25) is 0 Å². The van der Waals surface area contributed by atoms with E-state index in [1.54, 1.807) is 20.1 Å². The minimum Gasteiger partial charge on any atom is -0.497 e. The highest BCUT2D eigenvalue weighted by molar-refractivity contribution is 7.21. The maximum Gasteiger partial charge on any atom is 0.267 e. The van der Waals surface area contributed by atoms with Crippen molar-refractivity contribution in [3.05, 3.63) is 70.9 Å². The van der Waals surface area contributed by atoms with Crippen LogP contribution in [0.1, 0.15) is 15.2 Å². The molecule has 29 heavy (non-hydrogen) atoms. The number of methoxy groups -OCH3 is 1. The molecule has 3 N–H and O–H groups in total. The SMILES string of the molecule is COc1cccc(-c2ccc3c(N)c(C(=O)Nc4cc(F)ccc4C)sc3n2)c1. The van der Waals surface area contributed by atoms with Crippen LogP contribution in [0, 0.1) is 12.7 Å². The van der Waals surface area contributed by atoms with Crippen molar-refractivity contribution in [2.24, 2.45) is 0 Å². The number of ether oxygens (including phenoxy) is 1. The lowest BCUT2D eigenvalue weighted by atomic mass is 10.1. The first-order chi connectivity index (χ1) is 14.0. The molecule has 0 aliphatic heterocycles. The summed E-state index contributed by atoms with van der Waals surface area (Å²) < 4.78 is 18.8. The molecule has 0 spiro atoms. The number of nitrogens with one attached hydrogen (secondary N) is 1. The number of nitrogens with zero attached hydrogens (tertiary/aromatic N) is 1. The number of carbonyl (C=O) groups excluding carboxylic acids is 1. The summed E-state index contributed by atoms with van der Waals surface area (Å²) in [5.74, 6) is -0.0671. The number of thiophene rings is 1. The van der Waals surface area contributed by atoms with E-state index in [0.717, 1.165) is 22.6 Å². The van der Waals surface area contributed by atoms with Gasteiger partial charge in [-0.25, -0.2) is 9.37 Å². The topological polar surface area (TPSA) is 77.2 Å². The number of amides is 1. The van der Waals surface area contributed by atoms with Crippen molar-refractivity contribution < 1.29 is 13.9 Å². The van der Waals surface area contributed by atoms with E-state index >= 15 is 0 Å². The van der Waals surface area contributed by atoms with E-state index < -0.39 is 5.82 Å². The number of anilines is 2. The van der Waals surface area contributed by atoms with E-state index in [1.165, 1.54) is 23.5 Å². The Labute approximate surface area is 171 Å². The molecule has 0 radical (unpaired) electrons. The monoisotopic (exact) mass is 407 g/mol. The fourth-order valence-corrected chi connectivity index (χ4v) is 4.01. The molecule has 4 rings (SSSR count). The lowest BCUT2D eigenvalue weighted by molar-refractivity contribution is 0.103. The van der Waals surface area contributed by atoms with Gasteiger partial charge in [-0.15, -0.1) is 11.3 Å². The molecular formula is C22H18FN3O2S. The zero-order valence-corrected chi connectivity index (χ0v) is 16.6. The lowest BCUT2D eigenvalue weighted by Gasteiger charge is -2.07. The second-order valence-electron chi connectivity index (χ2n) is 6.54. The lowest BCUT2D eigenvalue weighted by Crippen LogP contribution is -2.13. The van der Waals surface area contributed by atoms with E-state index in [0.29, 0.717) is 26.5 Å². The summed E-state index contributed by atoms with van der Waals surface area (Å²) >= 11 is 1.21. The minimum atomic E-state index is -0.417. The number of fused-ring (bicyclic) bond motifs is 1. The van der Waals surface area contributed by atoms with Crippen LogP contribution in [0.3, 0.4) is 0 Å². The summed E-state index contributed by atoms with van der Waals surface area (Å²) in [6, 6.07) is 15.6. The van der Waals surface area contributed by atoms with E-state index in [2.05, 4.69) is 10.3 Å². The molecule has 0 aliphatic rings. The van der Waals surface area contributed by atoms with Crippen molar-refractivity contribution in [1.82, 2.24) is 4.98 Å². The number of benzene rings is 2. The first-order valence-corrected chi connectivity index (χ1v) is 9.69. The normalized spacial score (nSPS) is 10.9. The Bertz CT molecular complexity index is 1240. The Kier molecular flexibility index (Phi) is 4.90. The van der Waals surface area contributed by atoms with Gasteiger partial charge in [0.25, 0.3) is 5.91 Å². The van der Waals surface area contributed by atoms with Crippen LogP contribution >= 0.6 is 11.3 Å². The molecule has 0 saturated heterocycles. The first kappa shape index (κ1) is 18.9. The van der Waals surface area contributed by atoms with Crippen LogP contribution in [0.5, 0.6) is 5.75 Å². The van der Waals surface area contributed by atoms with E-state index in [1.807, 2.05) is 36.4 Å². The highest BCUT2D eigenvalue weighted by Crippen LogP contribution is 2.35. The number of pyridine rings is 1. The van der Waals surface area contributed by atoms with Crippen molar-refractivity contribution in [2.45, 2.75) is 6.92 Å². The summed E-state index contributed by atoms with van der Waals surface area (Å²) in [6.45, 7) is 1.80. The minimum absolute atomic E-state index is 0.346. The number of halogens is 1.